The number of pyridine rings is 2. The summed E-state index contributed by atoms with van der Waals surface area (Å²) < 4.78 is 21.7. The van der Waals surface area contributed by atoms with Gasteiger partial charge < -0.3 is 25.0 Å². The fraction of sp³-hybridized carbons (Fsp3) is 0.393. The van der Waals surface area contributed by atoms with Crippen LogP contribution in [0.4, 0.5) is 4.39 Å². The maximum atomic E-state index is 15.0. The number of aromatic nitrogens is 2. The lowest BCUT2D eigenvalue weighted by Crippen LogP contribution is -2.57. The highest BCUT2D eigenvalue weighted by molar-refractivity contribution is 5.98. The monoisotopic (exact) mass is 532 g/mol. The van der Waals surface area contributed by atoms with Gasteiger partial charge in [0.05, 0.1) is 41.5 Å². The summed E-state index contributed by atoms with van der Waals surface area (Å²) in [6.07, 6.45) is 1.18. The minimum Gasteiger partial charge on any atom is -0.458 e. The topological polar surface area (TPSA) is 140 Å². The summed E-state index contributed by atoms with van der Waals surface area (Å²) in [6.45, 7) is 3.28. The Hall–Kier alpha value is -4.12. The molecule has 200 valence electrons. The molecule has 0 saturated carbocycles. The van der Waals surface area contributed by atoms with Crippen LogP contribution in [0.15, 0.2) is 16.9 Å². The standard InChI is InChI=1S/C28H25FN4O6/c1-3-28(38)15-6-20-24-13(9-33(20)26(36)14(15)10-39-27(28)37)23-17(32-25(35)19-8-21(34)30-19)5-4-12-11(2)16(29)7-18(31-24)22(12)23/h6-7,17,19,38H,3-5,8-10H2,1-2H3,(H,30,34)(H,32,35)/t17-,19+,28-/m0/s1. The van der Waals surface area contributed by atoms with E-state index in [1.807, 2.05) is 0 Å². The number of β-lactam (4-membered cyclic amide) rings is 1. The number of nitrogens with one attached hydrogen (secondary N) is 2. The van der Waals surface area contributed by atoms with E-state index < -0.39 is 29.2 Å². The number of halogens is 1. The largest absolute Gasteiger partial charge is 0.458 e. The molecular weight excluding hydrogens is 507 g/mol. The molecule has 7 rings (SSSR count). The fourth-order valence-electron chi connectivity index (χ4n) is 6.49. The molecule has 1 aliphatic carbocycles. The number of benzene rings is 1. The van der Waals surface area contributed by atoms with Gasteiger partial charge in [0.15, 0.2) is 5.60 Å². The molecule has 11 heteroatoms. The minimum atomic E-state index is -1.96. The Morgan fingerprint density at radius 3 is 2.77 bits per heavy atom. The maximum absolute atomic E-state index is 15.0. The van der Waals surface area contributed by atoms with Gasteiger partial charge in [0.2, 0.25) is 11.8 Å². The molecule has 0 radical (unpaired) electrons. The molecule has 3 N–H and O–H groups in total. The molecule has 5 heterocycles. The average molecular weight is 533 g/mol. The summed E-state index contributed by atoms with van der Waals surface area (Å²) in [7, 11) is 0. The first-order valence-electron chi connectivity index (χ1n) is 13.0. The molecule has 3 aromatic rings. The maximum Gasteiger partial charge on any atom is 0.343 e. The first kappa shape index (κ1) is 24.0. The van der Waals surface area contributed by atoms with Gasteiger partial charge in [-0.1, -0.05) is 6.92 Å². The second-order valence-corrected chi connectivity index (χ2v) is 10.7. The van der Waals surface area contributed by atoms with Crippen LogP contribution < -0.4 is 16.2 Å². The van der Waals surface area contributed by atoms with Crippen molar-refractivity contribution < 1.29 is 28.6 Å². The highest BCUT2D eigenvalue weighted by Gasteiger charge is 2.46. The molecule has 1 aromatic carbocycles. The summed E-state index contributed by atoms with van der Waals surface area (Å²) in [5.41, 5.74) is 2.16. The molecule has 39 heavy (non-hydrogen) atoms. The van der Waals surface area contributed by atoms with Gasteiger partial charge in [0.1, 0.15) is 18.5 Å². The number of aryl methyl sites for hydroxylation is 1. The molecule has 2 aromatic heterocycles. The normalized spacial score (nSPS) is 24.3. The Morgan fingerprint density at radius 2 is 2.05 bits per heavy atom. The number of nitrogens with zero attached hydrogens (tertiary/aromatic N) is 2. The van der Waals surface area contributed by atoms with E-state index in [9.17, 15) is 28.7 Å². The lowest BCUT2D eigenvalue weighted by molar-refractivity contribution is -0.172. The highest BCUT2D eigenvalue weighted by Crippen LogP contribution is 2.46. The smallest absolute Gasteiger partial charge is 0.343 e. The molecule has 2 amide bonds. The van der Waals surface area contributed by atoms with E-state index in [1.54, 1.807) is 19.9 Å². The van der Waals surface area contributed by atoms with Crippen LogP contribution in [0.3, 0.4) is 0 Å². The minimum absolute atomic E-state index is 0.0185. The third-order valence-electron chi connectivity index (χ3n) is 8.74. The molecule has 0 bridgehead atoms. The van der Waals surface area contributed by atoms with Crippen molar-refractivity contribution in [3.8, 4) is 11.4 Å². The summed E-state index contributed by atoms with van der Waals surface area (Å²) in [4.78, 5) is 55.3. The molecule has 3 aliphatic heterocycles. The molecule has 1 saturated heterocycles. The van der Waals surface area contributed by atoms with Crippen molar-refractivity contribution in [2.24, 2.45) is 0 Å². The Bertz CT molecular complexity index is 1740. The van der Waals surface area contributed by atoms with Crippen LogP contribution >= 0.6 is 0 Å². The van der Waals surface area contributed by atoms with Crippen LogP contribution in [0.5, 0.6) is 0 Å². The molecule has 4 aliphatic rings. The number of amides is 2. The number of carbonyl (C=O) groups excluding carboxylic acids is 3. The van der Waals surface area contributed by atoms with Gasteiger partial charge >= 0.3 is 5.97 Å². The molecule has 1 fully saturated rings. The second-order valence-electron chi connectivity index (χ2n) is 10.7. The van der Waals surface area contributed by atoms with Gasteiger partial charge in [-0.3, -0.25) is 14.4 Å². The van der Waals surface area contributed by atoms with Crippen molar-refractivity contribution in [1.82, 2.24) is 20.2 Å². The van der Waals surface area contributed by atoms with E-state index in [2.05, 4.69) is 10.6 Å². The third kappa shape index (κ3) is 3.13. The van der Waals surface area contributed by atoms with E-state index >= 15 is 0 Å². The highest BCUT2D eigenvalue weighted by atomic mass is 19.1. The van der Waals surface area contributed by atoms with Crippen LogP contribution in [-0.2, 0) is 44.3 Å². The third-order valence-corrected chi connectivity index (χ3v) is 8.74. The van der Waals surface area contributed by atoms with Gasteiger partial charge in [-0.25, -0.2) is 14.2 Å². The predicted molar refractivity (Wildman–Crippen MR) is 135 cm³/mol. The van der Waals surface area contributed by atoms with Crippen LogP contribution in [-0.4, -0.2) is 38.5 Å². The van der Waals surface area contributed by atoms with Crippen LogP contribution in [0, 0.1) is 12.7 Å². The fourth-order valence-corrected chi connectivity index (χ4v) is 6.49. The van der Waals surface area contributed by atoms with Crippen molar-refractivity contribution in [1.29, 1.82) is 0 Å². The van der Waals surface area contributed by atoms with E-state index in [0.717, 1.165) is 22.1 Å². The number of esters is 1. The molecule has 10 nitrogen and oxygen atoms in total. The van der Waals surface area contributed by atoms with E-state index in [-0.39, 0.29) is 54.8 Å². The zero-order valence-electron chi connectivity index (χ0n) is 21.3. The molecule has 3 atom stereocenters. The summed E-state index contributed by atoms with van der Waals surface area (Å²) >= 11 is 0. The quantitative estimate of drug-likeness (QED) is 0.269. The van der Waals surface area contributed by atoms with Crippen molar-refractivity contribution >= 4 is 28.7 Å². The average Bonchev–Trinajstić information content (AvgIpc) is 3.27. The van der Waals surface area contributed by atoms with Crippen LogP contribution in [0.2, 0.25) is 0 Å². The van der Waals surface area contributed by atoms with Crippen LogP contribution in [0.1, 0.15) is 65.6 Å². The van der Waals surface area contributed by atoms with E-state index in [0.29, 0.717) is 35.3 Å². The Balaban J connectivity index is 1.45. The van der Waals surface area contributed by atoms with Crippen molar-refractivity contribution in [2.75, 3.05) is 0 Å². The summed E-state index contributed by atoms with van der Waals surface area (Å²) in [5.74, 6) is -1.68. The Labute approximate surface area is 221 Å². The van der Waals surface area contributed by atoms with Gasteiger partial charge in [-0.15, -0.1) is 0 Å². The lowest BCUT2D eigenvalue weighted by atomic mass is 9.81. The number of rotatable bonds is 3. The van der Waals surface area contributed by atoms with Crippen molar-refractivity contribution in [3.05, 3.63) is 61.7 Å². The van der Waals surface area contributed by atoms with Crippen molar-refractivity contribution in [3.63, 3.8) is 0 Å². The van der Waals surface area contributed by atoms with Crippen molar-refractivity contribution in [2.45, 2.75) is 70.4 Å². The number of hydrogen-bond acceptors (Lipinski definition) is 7. The summed E-state index contributed by atoms with van der Waals surface area (Å²) in [6, 6.07) is 1.94. The van der Waals surface area contributed by atoms with E-state index in [4.69, 9.17) is 9.72 Å². The summed E-state index contributed by atoms with van der Waals surface area (Å²) in [5, 5.41) is 17.6. The van der Waals surface area contributed by atoms with E-state index in [1.165, 1.54) is 10.6 Å². The lowest BCUT2D eigenvalue weighted by Gasteiger charge is -2.32. The molecule has 0 unspecified atom stereocenters. The number of hydrogen-bond donors (Lipinski definition) is 3. The van der Waals surface area contributed by atoms with Gasteiger partial charge in [-0.2, -0.15) is 0 Å². The first-order valence-corrected chi connectivity index (χ1v) is 13.0. The second kappa shape index (κ2) is 7.95. The van der Waals surface area contributed by atoms with Crippen LogP contribution in [0.25, 0.3) is 22.3 Å². The number of fused-ring (bicyclic) bond motifs is 5. The van der Waals surface area contributed by atoms with Gasteiger partial charge in [0, 0.05) is 22.6 Å². The number of ether oxygens (including phenoxy) is 1. The Morgan fingerprint density at radius 1 is 1.28 bits per heavy atom. The first-order chi connectivity index (χ1) is 18.6. The predicted octanol–water partition coefficient (Wildman–Crippen LogP) is 1.52. The number of aliphatic hydroxyl groups is 1. The number of carbonyl (C=O) groups is 3. The zero-order chi connectivity index (χ0) is 27.4. The Kier molecular flexibility index (Phi) is 4.88. The van der Waals surface area contributed by atoms with Gasteiger partial charge in [0.25, 0.3) is 5.56 Å². The number of cyclic esters (lactones) is 1. The zero-order valence-corrected chi connectivity index (χ0v) is 21.3. The van der Waals surface area contributed by atoms with Gasteiger partial charge in [-0.05, 0) is 48.9 Å². The molecular formula is C28H25FN4O6. The molecule has 0 spiro atoms. The SMILES string of the molecule is CC[C@@]1(O)C(=O)OCc2c1cc1n(c2=O)Cc2c-1nc1cc(F)c(C)c3c1c2[C@@H](NC(=O)[C@H]1CC(=O)N1)CC3.